The lowest BCUT2D eigenvalue weighted by Crippen LogP contribution is -2.10. The van der Waals surface area contributed by atoms with Crippen LogP contribution < -0.4 is 10.1 Å². The minimum Gasteiger partial charge on any atom is -0.484 e. The standard InChI is InChI=1S/C12H16N6O3/c1-7(2)21-11-6-9(4-5-10(11)18(19)20)13-8(3)12-14-16-17-15-12/h4-8,13H,1-3H3,(H,14,15,16,17). The van der Waals surface area contributed by atoms with Gasteiger partial charge in [0.1, 0.15) is 0 Å². The van der Waals surface area contributed by atoms with Crippen LogP contribution in [0.25, 0.3) is 0 Å². The summed E-state index contributed by atoms with van der Waals surface area (Å²) in [4.78, 5) is 10.5. The van der Waals surface area contributed by atoms with E-state index in [-0.39, 0.29) is 23.6 Å². The molecule has 0 aliphatic heterocycles. The molecule has 2 rings (SSSR count). The van der Waals surface area contributed by atoms with Gasteiger partial charge < -0.3 is 10.1 Å². The molecule has 0 bridgehead atoms. The van der Waals surface area contributed by atoms with E-state index in [1.807, 2.05) is 20.8 Å². The second kappa shape index (κ2) is 6.16. The van der Waals surface area contributed by atoms with E-state index in [1.165, 1.54) is 6.07 Å². The molecular formula is C12H16N6O3. The Morgan fingerprint density at radius 1 is 1.38 bits per heavy atom. The third kappa shape index (κ3) is 3.65. The summed E-state index contributed by atoms with van der Waals surface area (Å²) in [6.07, 6.45) is -0.159. The molecule has 1 heterocycles. The number of anilines is 1. The van der Waals surface area contributed by atoms with Crippen molar-refractivity contribution in [3.8, 4) is 5.75 Å². The monoisotopic (exact) mass is 292 g/mol. The van der Waals surface area contributed by atoms with E-state index >= 15 is 0 Å². The Morgan fingerprint density at radius 3 is 2.71 bits per heavy atom. The molecule has 21 heavy (non-hydrogen) atoms. The number of hydrogen-bond donors (Lipinski definition) is 2. The van der Waals surface area contributed by atoms with Gasteiger partial charge in [-0.2, -0.15) is 5.21 Å². The summed E-state index contributed by atoms with van der Waals surface area (Å²) in [5, 5.41) is 27.8. The Bertz CT molecular complexity index is 613. The van der Waals surface area contributed by atoms with E-state index in [2.05, 4.69) is 25.9 Å². The quantitative estimate of drug-likeness (QED) is 0.617. The molecule has 2 N–H and O–H groups in total. The second-order valence-corrected chi connectivity index (χ2v) is 4.74. The SMILES string of the molecule is CC(C)Oc1cc(NC(C)c2nn[nH]n2)ccc1[N+](=O)[O-]. The van der Waals surface area contributed by atoms with Gasteiger partial charge in [-0.1, -0.05) is 5.21 Å². The van der Waals surface area contributed by atoms with Crippen LogP contribution in [0.1, 0.15) is 32.6 Å². The highest BCUT2D eigenvalue weighted by molar-refractivity contribution is 5.58. The number of nitro benzene ring substituents is 1. The largest absolute Gasteiger partial charge is 0.484 e. The number of aromatic nitrogens is 4. The molecule has 1 atom stereocenters. The lowest BCUT2D eigenvalue weighted by atomic mass is 10.2. The number of nitrogens with zero attached hydrogens (tertiary/aromatic N) is 4. The molecule has 2 aromatic rings. The molecule has 0 fully saturated rings. The van der Waals surface area contributed by atoms with Crippen molar-refractivity contribution in [2.75, 3.05) is 5.32 Å². The summed E-state index contributed by atoms with van der Waals surface area (Å²) in [5.74, 6) is 0.722. The third-order valence-corrected chi connectivity index (χ3v) is 2.65. The molecule has 0 amide bonds. The summed E-state index contributed by atoms with van der Waals surface area (Å²) in [6.45, 7) is 5.48. The number of nitro groups is 1. The van der Waals surface area contributed by atoms with Crippen molar-refractivity contribution in [2.24, 2.45) is 0 Å². The van der Waals surface area contributed by atoms with Crippen molar-refractivity contribution in [3.05, 3.63) is 34.1 Å². The second-order valence-electron chi connectivity index (χ2n) is 4.74. The van der Waals surface area contributed by atoms with E-state index in [0.29, 0.717) is 11.5 Å². The Morgan fingerprint density at radius 2 is 2.14 bits per heavy atom. The topological polar surface area (TPSA) is 119 Å². The zero-order chi connectivity index (χ0) is 15.4. The average molecular weight is 292 g/mol. The van der Waals surface area contributed by atoms with Crippen LogP contribution in [0.3, 0.4) is 0 Å². The Kier molecular flexibility index (Phi) is 4.31. The number of hydrogen-bond acceptors (Lipinski definition) is 7. The van der Waals surface area contributed by atoms with Crippen LogP contribution in [0.4, 0.5) is 11.4 Å². The number of aromatic amines is 1. The molecule has 0 aliphatic carbocycles. The molecule has 1 aromatic heterocycles. The van der Waals surface area contributed by atoms with Crippen molar-refractivity contribution in [1.29, 1.82) is 0 Å². The predicted molar refractivity (Wildman–Crippen MR) is 75.1 cm³/mol. The maximum absolute atomic E-state index is 11.0. The molecule has 0 saturated carbocycles. The van der Waals surface area contributed by atoms with Gasteiger partial charge in [0.15, 0.2) is 11.6 Å². The van der Waals surface area contributed by atoms with Crippen LogP contribution >= 0.6 is 0 Å². The Hall–Kier alpha value is -2.71. The van der Waals surface area contributed by atoms with Crippen LogP contribution in [0.2, 0.25) is 0 Å². The van der Waals surface area contributed by atoms with Gasteiger partial charge in [-0.3, -0.25) is 10.1 Å². The number of rotatable bonds is 6. The lowest BCUT2D eigenvalue weighted by molar-refractivity contribution is -0.386. The highest BCUT2D eigenvalue weighted by atomic mass is 16.6. The summed E-state index contributed by atoms with van der Waals surface area (Å²) in [6, 6.07) is 4.41. The van der Waals surface area contributed by atoms with Gasteiger partial charge in [-0.15, -0.1) is 10.2 Å². The first-order chi connectivity index (χ1) is 9.97. The van der Waals surface area contributed by atoms with Gasteiger partial charge in [0, 0.05) is 17.8 Å². The molecule has 0 radical (unpaired) electrons. The smallest absolute Gasteiger partial charge is 0.311 e. The zero-order valence-corrected chi connectivity index (χ0v) is 11.9. The molecule has 1 unspecified atom stereocenters. The molecule has 112 valence electrons. The Balaban J connectivity index is 2.22. The molecule has 0 spiro atoms. The minimum atomic E-state index is -0.468. The van der Waals surface area contributed by atoms with Gasteiger partial charge >= 0.3 is 5.69 Å². The highest BCUT2D eigenvalue weighted by Crippen LogP contribution is 2.31. The van der Waals surface area contributed by atoms with Gasteiger partial charge in [0.25, 0.3) is 0 Å². The first kappa shape index (κ1) is 14.7. The molecule has 1 aromatic carbocycles. The van der Waals surface area contributed by atoms with Crippen LogP contribution in [-0.2, 0) is 0 Å². The fourth-order valence-electron chi connectivity index (χ4n) is 1.77. The maximum atomic E-state index is 11.0. The normalized spacial score (nSPS) is 12.2. The van der Waals surface area contributed by atoms with Crippen LogP contribution in [-0.4, -0.2) is 31.7 Å². The van der Waals surface area contributed by atoms with E-state index < -0.39 is 4.92 Å². The number of tetrazole rings is 1. The van der Waals surface area contributed by atoms with Crippen LogP contribution in [0, 0.1) is 10.1 Å². The van der Waals surface area contributed by atoms with E-state index in [9.17, 15) is 10.1 Å². The molecular weight excluding hydrogens is 276 g/mol. The summed E-state index contributed by atoms with van der Waals surface area (Å²) < 4.78 is 5.49. The molecule has 0 aliphatic rings. The number of nitrogens with one attached hydrogen (secondary N) is 2. The minimum absolute atomic E-state index is 0.0681. The Labute approximate surface area is 120 Å². The zero-order valence-electron chi connectivity index (χ0n) is 11.9. The first-order valence-electron chi connectivity index (χ1n) is 6.42. The third-order valence-electron chi connectivity index (χ3n) is 2.65. The van der Waals surface area contributed by atoms with E-state index in [0.717, 1.165) is 0 Å². The fraction of sp³-hybridized carbons (Fsp3) is 0.417. The summed E-state index contributed by atoms with van der Waals surface area (Å²) in [5.41, 5.74) is 0.606. The van der Waals surface area contributed by atoms with Crippen LogP contribution in [0.5, 0.6) is 5.75 Å². The highest BCUT2D eigenvalue weighted by Gasteiger charge is 2.18. The van der Waals surface area contributed by atoms with Gasteiger partial charge in [-0.25, -0.2) is 0 Å². The fourth-order valence-corrected chi connectivity index (χ4v) is 1.77. The average Bonchev–Trinajstić information content (AvgIpc) is 2.91. The molecule has 9 heteroatoms. The number of H-pyrrole nitrogens is 1. The van der Waals surface area contributed by atoms with Crippen molar-refractivity contribution in [1.82, 2.24) is 20.6 Å². The lowest BCUT2D eigenvalue weighted by Gasteiger charge is -2.14. The summed E-state index contributed by atoms with van der Waals surface area (Å²) >= 11 is 0. The predicted octanol–water partition coefficient (Wildman–Crippen LogP) is 2.07. The van der Waals surface area contributed by atoms with Crippen molar-refractivity contribution in [2.45, 2.75) is 32.9 Å². The van der Waals surface area contributed by atoms with Gasteiger partial charge in [0.2, 0.25) is 0 Å². The number of benzene rings is 1. The number of ether oxygens (including phenoxy) is 1. The van der Waals surface area contributed by atoms with Crippen LogP contribution in [0.15, 0.2) is 18.2 Å². The van der Waals surface area contributed by atoms with E-state index in [4.69, 9.17) is 4.74 Å². The van der Waals surface area contributed by atoms with Crippen molar-refractivity contribution < 1.29 is 9.66 Å². The summed E-state index contributed by atoms with van der Waals surface area (Å²) in [7, 11) is 0. The first-order valence-corrected chi connectivity index (χ1v) is 6.42. The van der Waals surface area contributed by atoms with Crippen molar-refractivity contribution in [3.63, 3.8) is 0 Å². The van der Waals surface area contributed by atoms with E-state index in [1.54, 1.807) is 12.1 Å². The maximum Gasteiger partial charge on any atom is 0.311 e. The van der Waals surface area contributed by atoms with Gasteiger partial charge in [-0.05, 0) is 26.8 Å². The van der Waals surface area contributed by atoms with Gasteiger partial charge in [0.05, 0.1) is 17.1 Å². The van der Waals surface area contributed by atoms with Crippen molar-refractivity contribution >= 4 is 11.4 Å². The molecule has 9 nitrogen and oxygen atoms in total. The molecule has 0 saturated heterocycles.